The number of benzene rings is 1. The SMILES string of the molecule is C[C@H]1COCCN1CC1(COc2nc(N3C4CCC3CNC4)c3c4c(c(-c5ncc(F)c6sc(N)c(C#N)c56)c(F)c3n2)COC4)CC1. The second kappa shape index (κ2) is 11.4. The van der Waals surface area contributed by atoms with Crippen LogP contribution in [0.25, 0.3) is 32.2 Å². The predicted octanol–water partition coefficient (Wildman–Crippen LogP) is 4.49. The van der Waals surface area contributed by atoms with E-state index in [2.05, 4.69) is 33.1 Å². The highest BCUT2D eigenvalue weighted by Crippen LogP contribution is 2.49. The van der Waals surface area contributed by atoms with Crippen LogP contribution in [0.4, 0.5) is 19.6 Å². The number of hydrogen-bond acceptors (Lipinski definition) is 12. The number of piperazine rings is 1. The monoisotopic (exact) mass is 674 g/mol. The van der Waals surface area contributed by atoms with Gasteiger partial charge in [0.2, 0.25) is 0 Å². The predicted molar refractivity (Wildman–Crippen MR) is 177 cm³/mol. The summed E-state index contributed by atoms with van der Waals surface area (Å²) in [4.78, 5) is 19.0. The highest BCUT2D eigenvalue weighted by atomic mass is 32.1. The number of pyridine rings is 1. The Morgan fingerprint density at radius 3 is 2.69 bits per heavy atom. The molecular formula is C34H36F2N8O3S. The zero-order chi connectivity index (χ0) is 32.7. The van der Waals surface area contributed by atoms with E-state index in [0.29, 0.717) is 29.4 Å². The number of nitrogens with zero attached hydrogens (tertiary/aromatic N) is 6. The van der Waals surface area contributed by atoms with Crippen LogP contribution in [-0.4, -0.2) is 84.0 Å². The van der Waals surface area contributed by atoms with Gasteiger partial charge in [-0.15, -0.1) is 11.3 Å². The van der Waals surface area contributed by atoms with Crippen LogP contribution in [0.5, 0.6) is 6.01 Å². The number of morpholine rings is 1. The molecule has 3 saturated heterocycles. The Bertz CT molecular complexity index is 2000. The fourth-order valence-electron chi connectivity index (χ4n) is 8.17. The quantitative estimate of drug-likeness (QED) is 0.287. The summed E-state index contributed by atoms with van der Waals surface area (Å²) in [6.45, 7) is 7.85. The highest BCUT2D eigenvalue weighted by molar-refractivity contribution is 7.23. The van der Waals surface area contributed by atoms with E-state index >= 15 is 4.39 Å². The number of nitrogen functional groups attached to an aromatic ring is 1. The fraction of sp³-hybridized carbons (Fsp3) is 0.529. The van der Waals surface area contributed by atoms with Gasteiger partial charge in [0.25, 0.3) is 0 Å². The zero-order valence-corrected chi connectivity index (χ0v) is 27.5. The van der Waals surface area contributed by atoms with Crippen LogP contribution in [0.2, 0.25) is 0 Å². The lowest BCUT2D eigenvalue weighted by atomic mass is 9.93. The van der Waals surface area contributed by atoms with E-state index in [9.17, 15) is 9.65 Å². The normalized spacial score (nSPS) is 24.7. The molecule has 1 saturated carbocycles. The van der Waals surface area contributed by atoms with Gasteiger partial charge in [-0.1, -0.05) is 0 Å². The average Bonchev–Trinajstić information content (AvgIpc) is 3.38. The van der Waals surface area contributed by atoms with E-state index in [4.69, 9.17) is 29.9 Å². The van der Waals surface area contributed by atoms with E-state index < -0.39 is 11.6 Å². The third-order valence-electron chi connectivity index (χ3n) is 10.9. The lowest BCUT2D eigenvalue weighted by Crippen LogP contribution is -2.52. The van der Waals surface area contributed by atoms with Crippen LogP contribution in [0.1, 0.15) is 49.3 Å². The first-order chi connectivity index (χ1) is 23.4. The summed E-state index contributed by atoms with van der Waals surface area (Å²) in [7, 11) is 0. The number of fused-ring (bicyclic) bond motifs is 6. The van der Waals surface area contributed by atoms with Gasteiger partial charge >= 0.3 is 6.01 Å². The number of nitrogens with two attached hydrogens (primary N) is 1. The summed E-state index contributed by atoms with van der Waals surface area (Å²) < 4.78 is 50.6. The molecule has 4 aromatic rings. The van der Waals surface area contributed by atoms with Gasteiger partial charge in [0.05, 0.1) is 60.6 Å². The minimum Gasteiger partial charge on any atom is -0.463 e. The average molecular weight is 675 g/mol. The maximum atomic E-state index is 17.4. The van der Waals surface area contributed by atoms with Crippen molar-refractivity contribution < 1.29 is 23.0 Å². The molecule has 250 valence electrons. The van der Waals surface area contributed by atoms with Crippen molar-refractivity contribution in [3.63, 3.8) is 0 Å². The first kappa shape index (κ1) is 30.3. The number of nitriles is 1. The van der Waals surface area contributed by atoms with E-state index in [1.54, 1.807) is 0 Å². The molecule has 1 aliphatic carbocycles. The van der Waals surface area contributed by atoms with Crippen molar-refractivity contribution >= 4 is 43.1 Å². The Balaban J connectivity index is 1.20. The lowest BCUT2D eigenvalue weighted by molar-refractivity contribution is -0.0134. The topological polar surface area (TPSA) is 135 Å². The summed E-state index contributed by atoms with van der Waals surface area (Å²) in [5.74, 6) is -0.573. The number of aromatic nitrogens is 3. The van der Waals surface area contributed by atoms with Crippen LogP contribution in [0.3, 0.4) is 0 Å². The van der Waals surface area contributed by atoms with Gasteiger partial charge in [-0.2, -0.15) is 15.2 Å². The molecule has 2 bridgehead atoms. The van der Waals surface area contributed by atoms with Gasteiger partial charge in [-0.05, 0) is 43.7 Å². The molecule has 5 aliphatic rings. The van der Waals surface area contributed by atoms with Crippen molar-refractivity contribution in [3.05, 3.63) is 34.5 Å². The molecule has 4 fully saturated rings. The van der Waals surface area contributed by atoms with Crippen LogP contribution < -0.4 is 20.7 Å². The molecule has 48 heavy (non-hydrogen) atoms. The Labute approximate surface area is 280 Å². The van der Waals surface area contributed by atoms with Crippen LogP contribution in [0, 0.1) is 28.4 Å². The van der Waals surface area contributed by atoms with Gasteiger partial charge in [0, 0.05) is 60.7 Å². The standard InChI is InChI=1S/C34H36F2N8O3S/c1-17-12-45-7-6-43(17)15-34(4-5-34)16-47-33-41-29-26(32(42-33)44-18-2-3-19(44)10-39-9-18)22-14-46-13-21(22)24(27(29)36)28-25-20(8-37)31(38)48-30(25)23(35)11-40-28/h11,17-19,39H,2-7,9-10,12-16,38H2,1H3/t17-,18?,19?/m0/s1. The molecule has 14 heteroatoms. The number of nitrogens with one attached hydrogen (secondary N) is 1. The summed E-state index contributed by atoms with van der Waals surface area (Å²) in [5.41, 5.74) is 8.00. The maximum absolute atomic E-state index is 17.4. The lowest BCUT2D eigenvalue weighted by Gasteiger charge is -2.37. The Kier molecular flexibility index (Phi) is 7.21. The van der Waals surface area contributed by atoms with E-state index in [1.165, 1.54) is 0 Å². The number of thiophene rings is 1. The minimum atomic E-state index is -0.623. The minimum absolute atomic E-state index is 0.0101. The van der Waals surface area contributed by atoms with Gasteiger partial charge in [0.1, 0.15) is 22.4 Å². The summed E-state index contributed by atoms with van der Waals surface area (Å²) in [6, 6.07) is 2.97. The first-order valence-electron chi connectivity index (χ1n) is 16.7. The first-order valence-corrected chi connectivity index (χ1v) is 17.5. The molecular weight excluding hydrogens is 638 g/mol. The smallest absolute Gasteiger partial charge is 0.319 e. The number of hydrogen-bond donors (Lipinski definition) is 2. The van der Waals surface area contributed by atoms with E-state index in [-0.39, 0.29) is 74.1 Å². The third kappa shape index (κ3) is 4.74. The zero-order valence-electron chi connectivity index (χ0n) is 26.7. The summed E-state index contributed by atoms with van der Waals surface area (Å²) in [5, 5.41) is 14.5. The molecule has 1 aromatic carbocycles. The highest BCUT2D eigenvalue weighted by Gasteiger charge is 2.46. The number of halogens is 2. The van der Waals surface area contributed by atoms with Crippen molar-refractivity contribution in [1.82, 2.24) is 25.2 Å². The molecule has 4 aliphatic heterocycles. The molecule has 3 N–H and O–H groups in total. The number of anilines is 2. The largest absolute Gasteiger partial charge is 0.463 e. The Morgan fingerprint density at radius 1 is 1.15 bits per heavy atom. The summed E-state index contributed by atoms with van der Waals surface area (Å²) >= 11 is 0.958. The molecule has 0 radical (unpaired) electrons. The van der Waals surface area contributed by atoms with E-state index in [1.807, 2.05) is 0 Å². The van der Waals surface area contributed by atoms with Crippen LogP contribution in [0.15, 0.2) is 6.20 Å². The molecule has 0 amide bonds. The van der Waals surface area contributed by atoms with Crippen molar-refractivity contribution in [1.29, 1.82) is 5.26 Å². The molecule has 7 heterocycles. The molecule has 3 atom stereocenters. The Hall–Kier alpha value is -3.74. The van der Waals surface area contributed by atoms with E-state index in [0.717, 1.165) is 88.2 Å². The Morgan fingerprint density at radius 2 is 1.94 bits per heavy atom. The number of ether oxygens (including phenoxy) is 3. The van der Waals surface area contributed by atoms with Crippen LogP contribution >= 0.6 is 11.3 Å². The second-order valence-electron chi connectivity index (χ2n) is 13.9. The molecule has 2 unspecified atom stereocenters. The fourth-order valence-corrected chi connectivity index (χ4v) is 9.09. The van der Waals surface area contributed by atoms with Gasteiger partial charge in [-0.3, -0.25) is 9.88 Å². The molecule has 11 nitrogen and oxygen atoms in total. The molecule has 3 aromatic heterocycles. The van der Waals surface area contributed by atoms with Crippen molar-refractivity contribution in [2.45, 2.75) is 63.9 Å². The maximum Gasteiger partial charge on any atom is 0.319 e. The van der Waals surface area contributed by atoms with Gasteiger partial charge < -0.3 is 30.2 Å². The number of rotatable bonds is 7. The van der Waals surface area contributed by atoms with Gasteiger partial charge in [-0.25, -0.2) is 8.78 Å². The van der Waals surface area contributed by atoms with Crippen molar-refractivity contribution in [2.24, 2.45) is 5.41 Å². The van der Waals surface area contributed by atoms with Crippen LogP contribution in [-0.2, 0) is 22.7 Å². The van der Waals surface area contributed by atoms with Crippen molar-refractivity contribution in [2.75, 3.05) is 56.6 Å². The third-order valence-corrected chi connectivity index (χ3v) is 12.0. The summed E-state index contributed by atoms with van der Waals surface area (Å²) in [6.07, 6.45) is 5.16. The second-order valence-corrected chi connectivity index (χ2v) is 15.0. The molecule has 9 rings (SSSR count). The van der Waals surface area contributed by atoms with Crippen molar-refractivity contribution in [3.8, 4) is 23.3 Å². The van der Waals surface area contributed by atoms with Gasteiger partial charge in [0.15, 0.2) is 11.6 Å². The molecule has 0 spiro atoms.